The van der Waals surface area contributed by atoms with E-state index in [1.807, 2.05) is 30.3 Å². The Morgan fingerprint density at radius 2 is 1.16 bits per heavy atom. The highest BCUT2D eigenvalue weighted by atomic mass is 16.5. The first kappa shape index (κ1) is 41.6. The first-order valence-corrected chi connectivity index (χ1v) is 20.0. The maximum absolute atomic E-state index is 12.7. The molecule has 4 aliphatic rings. The van der Waals surface area contributed by atoms with Crippen LogP contribution in [0.1, 0.15) is 59.2 Å². The Morgan fingerprint density at radius 1 is 0.649 bits per heavy atom. The van der Waals surface area contributed by atoms with Crippen molar-refractivity contribution in [3.63, 3.8) is 0 Å². The predicted octanol–water partition coefficient (Wildman–Crippen LogP) is 5.19. The number of carbonyl (C=O) groups is 2. The van der Waals surface area contributed by atoms with Crippen LogP contribution in [0, 0.1) is 23.2 Å². The van der Waals surface area contributed by atoms with Crippen molar-refractivity contribution in [2.75, 3.05) is 102 Å². The molecule has 3 aromatic rings. The minimum absolute atomic E-state index is 0.123. The summed E-state index contributed by atoms with van der Waals surface area (Å²) >= 11 is 0. The summed E-state index contributed by atoms with van der Waals surface area (Å²) in [5, 5.41) is 19.2. The van der Waals surface area contributed by atoms with Crippen molar-refractivity contribution in [1.82, 2.24) is 25.6 Å². The molecule has 306 valence electrons. The molecular formula is C40H55N11O6. The number of nitrogens with one attached hydrogen (secondary N) is 5. The van der Waals surface area contributed by atoms with Crippen molar-refractivity contribution < 1.29 is 28.5 Å². The zero-order chi connectivity index (χ0) is 39.5. The number of rotatable bonds is 26. The van der Waals surface area contributed by atoms with Crippen molar-refractivity contribution in [2.45, 2.75) is 38.5 Å². The number of anilines is 4. The number of carbonyl (C=O) groups excluding carboxylic acids is 2. The van der Waals surface area contributed by atoms with Crippen LogP contribution in [-0.2, 0) is 18.9 Å². The molecule has 4 aliphatic carbocycles. The lowest BCUT2D eigenvalue weighted by atomic mass is 9.49. The molecule has 17 nitrogen and oxygen atoms in total. The predicted molar refractivity (Wildman–Crippen MR) is 216 cm³/mol. The van der Waals surface area contributed by atoms with Crippen molar-refractivity contribution in [3.05, 3.63) is 76.2 Å². The van der Waals surface area contributed by atoms with Crippen LogP contribution in [0.3, 0.4) is 0 Å². The molecule has 0 radical (unpaired) electrons. The van der Waals surface area contributed by atoms with Gasteiger partial charge in [-0.3, -0.25) is 9.59 Å². The average molecular weight is 786 g/mol. The summed E-state index contributed by atoms with van der Waals surface area (Å²) in [6.07, 6.45) is 8.01. The summed E-state index contributed by atoms with van der Waals surface area (Å²) in [6, 6.07) is 16.2. The van der Waals surface area contributed by atoms with Gasteiger partial charge >= 0.3 is 0 Å². The summed E-state index contributed by atoms with van der Waals surface area (Å²) in [5.74, 6) is 3.53. The highest BCUT2D eigenvalue weighted by Gasteiger charge is 2.50. The lowest BCUT2D eigenvalue weighted by molar-refractivity contribution is -0.0445. The fraction of sp³-hybridized carbons (Fsp3) is 0.575. The number of azide groups is 1. The van der Waals surface area contributed by atoms with E-state index in [9.17, 15) is 9.59 Å². The van der Waals surface area contributed by atoms with Gasteiger partial charge in [0.15, 0.2) is 0 Å². The van der Waals surface area contributed by atoms with Crippen molar-refractivity contribution in [1.29, 1.82) is 0 Å². The number of benzene rings is 2. The third kappa shape index (κ3) is 13.5. The normalized spacial score (nSPS) is 20.4. The number of amides is 2. The molecule has 4 fully saturated rings. The van der Waals surface area contributed by atoms with E-state index in [0.717, 1.165) is 30.0 Å². The summed E-state index contributed by atoms with van der Waals surface area (Å²) in [6.45, 7) is 5.47. The Hall–Kier alpha value is -5.06. The number of hydrogen-bond donors (Lipinski definition) is 5. The summed E-state index contributed by atoms with van der Waals surface area (Å²) < 4.78 is 22.1. The smallest absolute Gasteiger partial charge is 0.251 e. The molecule has 2 amide bonds. The van der Waals surface area contributed by atoms with E-state index in [4.69, 9.17) is 34.4 Å². The van der Waals surface area contributed by atoms with Gasteiger partial charge in [0, 0.05) is 54.4 Å². The van der Waals surface area contributed by atoms with Crippen LogP contribution in [0.5, 0.6) is 0 Å². The largest absolute Gasteiger partial charge is 0.379 e. The summed E-state index contributed by atoms with van der Waals surface area (Å²) in [5.41, 5.74) is 10.4. The standard InChI is InChI=1S/C40H55N11O6/c41-51-46-13-17-57-21-20-55-15-11-43-36(53)33-6-8-34(9-7-33)47-39-49-37(44-12-16-56-19-18-54-14-10-42-35(52)32-4-2-1-3-5-32)48-38(50-39)45-28-40-25-29-22-30(26-40)24-31(23-29)27-40/h1-9,29-31H,10-28H2,(H,42,52)(H,43,53)(H3,44,45,47,48,49,50). The van der Waals surface area contributed by atoms with Gasteiger partial charge in [0.25, 0.3) is 11.8 Å². The number of nitrogens with zero attached hydrogens (tertiary/aromatic N) is 6. The molecule has 57 heavy (non-hydrogen) atoms. The second kappa shape index (κ2) is 22.0. The van der Waals surface area contributed by atoms with Gasteiger partial charge in [-0.2, -0.15) is 15.0 Å². The van der Waals surface area contributed by atoms with Crippen LogP contribution in [0.25, 0.3) is 10.4 Å². The molecule has 2 aromatic carbocycles. The van der Waals surface area contributed by atoms with Crippen molar-refractivity contribution >= 4 is 35.3 Å². The molecule has 4 saturated carbocycles. The molecule has 0 unspecified atom stereocenters. The molecule has 0 atom stereocenters. The van der Waals surface area contributed by atoms with Gasteiger partial charge in [-0.1, -0.05) is 23.3 Å². The second-order valence-corrected chi connectivity index (χ2v) is 15.0. The van der Waals surface area contributed by atoms with Crippen LogP contribution in [0.2, 0.25) is 0 Å². The molecule has 1 heterocycles. The molecule has 5 N–H and O–H groups in total. The van der Waals surface area contributed by atoms with E-state index < -0.39 is 0 Å². The van der Waals surface area contributed by atoms with E-state index in [-0.39, 0.29) is 18.4 Å². The Kier molecular flexibility index (Phi) is 16.1. The zero-order valence-electron chi connectivity index (χ0n) is 32.5. The van der Waals surface area contributed by atoms with Gasteiger partial charge in [0.05, 0.1) is 52.9 Å². The van der Waals surface area contributed by atoms with Crippen LogP contribution in [0.15, 0.2) is 59.7 Å². The maximum atomic E-state index is 12.7. The average Bonchev–Trinajstić information content (AvgIpc) is 3.21. The summed E-state index contributed by atoms with van der Waals surface area (Å²) in [7, 11) is 0. The molecule has 7 rings (SSSR count). The fourth-order valence-corrected chi connectivity index (χ4v) is 8.49. The molecule has 0 aliphatic heterocycles. The van der Waals surface area contributed by atoms with Crippen LogP contribution < -0.4 is 26.6 Å². The Balaban J connectivity index is 0.943. The van der Waals surface area contributed by atoms with E-state index >= 15 is 0 Å². The Morgan fingerprint density at radius 3 is 1.74 bits per heavy atom. The number of hydrogen-bond acceptors (Lipinski definition) is 13. The van der Waals surface area contributed by atoms with Crippen LogP contribution in [-0.4, -0.2) is 112 Å². The highest BCUT2D eigenvalue weighted by molar-refractivity contribution is 5.94. The zero-order valence-corrected chi connectivity index (χ0v) is 32.5. The lowest BCUT2D eigenvalue weighted by Crippen LogP contribution is -2.49. The third-order valence-electron chi connectivity index (χ3n) is 10.6. The highest BCUT2D eigenvalue weighted by Crippen LogP contribution is 2.59. The van der Waals surface area contributed by atoms with E-state index in [2.05, 4.69) is 41.6 Å². The second-order valence-electron chi connectivity index (χ2n) is 15.0. The molecule has 4 bridgehead atoms. The van der Waals surface area contributed by atoms with Crippen LogP contribution >= 0.6 is 0 Å². The molecule has 1 aromatic heterocycles. The third-order valence-corrected chi connectivity index (χ3v) is 10.6. The van der Waals surface area contributed by atoms with Gasteiger partial charge in [0.2, 0.25) is 17.8 Å². The van der Waals surface area contributed by atoms with Crippen molar-refractivity contribution in [3.8, 4) is 0 Å². The van der Waals surface area contributed by atoms with Crippen molar-refractivity contribution in [2.24, 2.45) is 28.3 Å². The number of ether oxygens (including phenoxy) is 4. The van der Waals surface area contributed by atoms with Gasteiger partial charge in [-0.05, 0) is 104 Å². The topological polar surface area (TPSA) is 219 Å². The first-order chi connectivity index (χ1) is 28.0. The van der Waals surface area contributed by atoms with Crippen LogP contribution in [0.4, 0.5) is 23.5 Å². The minimum atomic E-state index is -0.209. The molecule has 0 spiro atoms. The van der Waals surface area contributed by atoms with Gasteiger partial charge in [0.1, 0.15) is 0 Å². The van der Waals surface area contributed by atoms with E-state index in [0.29, 0.717) is 107 Å². The van der Waals surface area contributed by atoms with E-state index in [1.54, 1.807) is 24.3 Å². The monoisotopic (exact) mass is 785 g/mol. The van der Waals surface area contributed by atoms with Gasteiger partial charge < -0.3 is 45.5 Å². The first-order valence-electron chi connectivity index (χ1n) is 20.0. The van der Waals surface area contributed by atoms with Gasteiger partial charge in [-0.25, -0.2) is 0 Å². The summed E-state index contributed by atoms with van der Waals surface area (Å²) in [4.78, 5) is 41.6. The molecular weight excluding hydrogens is 731 g/mol. The maximum Gasteiger partial charge on any atom is 0.251 e. The van der Waals surface area contributed by atoms with E-state index in [1.165, 1.54) is 38.5 Å². The minimum Gasteiger partial charge on any atom is -0.379 e. The SMILES string of the molecule is [N-]=[N+]=NCCOCCOCCNC(=O)c1ccc(Nc2nc(NCCOCCOCCNC(=O)c3ccccc3)nc(NCC34CC5CC(CC(C5)C3)C4)n2)cc1. The Labute approximate surface area is 333 Å². The molecule has 17 heteroatoms. The Bertz CT molecular complexity index is 1730. The fourth-order valence-electron chi connectivity index (χ4n) is 8.49. The number of aromatic nitrogens is 3. The molecule has 0 saturated heterocycles. The quantitative estimate of drug-likeness (QED) is 0.0307. The van der Waals surface area contributed by atoms with Gasteiger partial charge in [-0.15, -0.1) is 0 Å². The lowest BCUT2D eigenvalue weighted by Gasteiger charge is -2.56.